The molecule has 1 amide bonds. The molecule has 0 bridgehead atoms. The molecule has 1 fully saturated rings. The van der Waals surface area contributed by atoms with Crippen LogP contribution >= 0.6 is 11.6 Å². The Bertz CT molecular complexity index is 1220. The van der Waals surface area contributed by atoms with E-state index in [-0.39, 0.29) is 17.3 Å². The number of benzene rings is 1. The monoisotopic (exact) mass is 388 g/mol. The molecule has 1 aliphatic rings. The van der Waals surface area contributed by atoms with E-state index in [4.69, 9.17) is 11.6 Å². The van der Waals surface area contributed by atoms with Crippen molar-refractivity contribution in [2.24, 2.45) is 5.92 Å². The fourth-order valence-corrected chi connectivity index (χ4v) is 3.27. The molecule has 3 heterocycles. The van der Waals surface area contributed by atoms with Crippen molar-refractivity contribution in [3.63, 3.8) is 0 Å². The molecule has 10 heteroatoms. The molecule has 7 nitrogen and oxygen atoms in total. The summed E-state index contributed by atoms with van der Waals surface area (Å²) < 4.78 is 28.6. The first-order valence-corrected chi connectivity index (χ1v) is 8.52. The predicted molar refractivity (Wildman–Crippen MR) is 94.7 cm³/mol. The van der Waals surface area contributed by atoms with Gasteiger partial charge < -0.3 is 5.32 Å². The molecule has 3 aromatic heterocycles. The average molecular weight is 389 g/mol. The summed E-state index contributed by atoms with van der Waals surface area (Å²) in [5, 5.41) is 14.2. The van der Waals surface area contributed by atoms with E-state index in [2.05, 4.69) is 25.6 Å². The van der Waals surface area contributed by atoms with Crippen molar-refractivity contribution in [1.29, 1.82) is 0 Å². The molecule has 0 aliphatic heterocycles. The van der Waals surface area contributed by atoms with Crippen LogP contribution in [-0.4, -0.2) is 36.9 Å². The minimum atomic E-state index is -1.08. The van der Waals surface area contributed by atoms with Crippen molar-refractivity contribution < 1.29 is 13.6 Å². The molecule has 1 aliphatic carbocycles. The molecule has 27 heavy (non-hydrogen) atoms. The van der Waals surface area contributed by atoms with Crippen molar-refractivity contribution in [2.75, 3.05) is 5.32 Å². The van der Waals surface area contributed by atoms with E-state index < -0.39 is 23.8 Å². The summed E-state index contributed by atoms with van der Waals surface area (Å²) in [5.41, 5.74) is 1.79. The number of aromatic nitrogens is 5. The number of carbonyl (C=O) groups excluding carboxylic acids is 1. The highest BCUT2D eigenvalue weighted by Crippen LogP contribution is 2.36. The topological polar surface area (TPSA) is 88.0 Å². The number of H-pyrrole nitrogens is 1. The first-order valence-electron chi connectivity index (χ1n) is 8.14. The van der Waals surface area contributed by atoms with Gasteiger partial charge >= 0.3 is 0 Å². The number of imidazole rings is 1. The van der Waals surface area contributed by atoms with Crippen LogP contribution in [-0.2, 0) is 4.79 Å². The van der Waals surface area contributed by atoms with Gasteiger partial charge in [0.1, 0.15) is 12.0 Å². The fraction of sp³-hybridized carbons (Fsp3) is 0.176. The van der Waals surface area contributed by atoms with Crippen molar-refractivity contribution in [2.45, 2.75) is 12.6 Å². The number of nitrogens with one attached hydrogen (secondary N) is 2. The van der Waals surface area contributed by atoms with Crippen molar-refractivity contribution in [3.8, 4) is 11.3 Å². The van der Waals surface area contributed by atoms with Gasteiger partial charge in [0.2, 0.25) is 5.91 Å². The van der Waals surface area contributed by atoms with Crippen LogP contribution in [0, 0.1) is 11.7 Å². The van der Waals surface area contributed by atoms with Gasteiger partial charge in [0.25, 0.3) is 0 Å². The molecular weight excluding hydrogens is 378 g/mol. The summed E-state index contributed by atoms with van der Waals surface area (Å²) in [7, 11) is 0. The van der Waals surface area contributed by atoms with Crippen molar-refractivity contribution >= 4 is 39.9 Å². The van der Waals surface area contributed by atoms with Crippen LogP contribution < -0.4 is 5.32 Å². The van der Waals surface area contributed by atoms with Gasteiger partial charge in [0.15, 0.2) is 11.5 Å². The number of rotatable bonds is 3. The zero-order valence-electron chi connectivity index (χ0n) is 13.6. The van der Waals surface area contributed by atoms with Crippen LogP contribution in [0.3, 0.4) is 0 Å². The fourth-order valence-electron chi connectivity index (χ4n) is 3.01. The highest BCUT2D eigenvalue weighted by atomic mass is 35.5. The van der Waals surface area contributed by atoms with E-state index in [0.717, 1.165) is 0 Å². The maximum absolute atomic E-state index is 14.1. The summed E-state index contributed by atoms with van der Waals surface area (Å²) in [4.78, 5) is 16.1. The summed E-state index contributed by atoms with van der Waals surface area (Å²) >= 11 is 6.17. The number of fused-ring (bicyclic) bond motifs is 2. The normalized spacial score (nSPS) is 18.9. The number of hydrogen-bond acceptors (Lipinski definition) is 4. The maximum atomic E-state index is 14.1. The maximum Gasteiger partial charge on any atom is 0.231 e. The minimum absolute atomic E-state index is 0.0629. The molecular formula is C17H11ClF2N6O. The molecule has 1 saturated carbocycles. The van der Waals surface area contributed by atoms with Crippen LogP contribution in [0.1, 0.15) is 6.42 Å². The van der Waals surface area contributed by atoms with Gasteiger partial charge in [0, 0.05) is 17.0 Å². The molecule has 0 saturated heterocycles. The van der Waals surface area contributed by atoms with E-state index in [0.29, 0.717) is 27.8 Å². The lowest BCUT2D eigenvalue weighted by Crippen LogP contribution is -2.15. The third kappa shape index (κ3) is 2.62. The largest absolute Gasteiger partial charge is 0.309 e. The van der Waals surface area contributed by atoms with E-state index in [1.165, 1.54) is 16.8 Å². The molecule has 5 rings (SSSR count). The summed E-state index contributed by atoms with van der Waals surface area (Å²) in [6.45, 7) is 0. The Morgan fingerprint density at radius 3 is 3.00 bits per heavy atom. The number of hydrogen-bond donors (Lipinski definition) is 2. The molecule has 1 aromatic carbocycles. The smallest absolute Gasteiger partial charge is 0.231 e. The predicted octanol–water partition coefficient (Wildman–Crippen LogP) is 3.36. The number of alkyl halides is 1. The quantitative estimate of drug-likeness (QED) is 0.563. The number of nitrogens with zero attached hydrogens (tertiary/aromatic N) is 4. The molecule has 0 radical (unpaired) electrons. The lowest BCUT2D eigenvalue weighted by molar-refractivity contribution is -0.117. The lowest BCUT2D eigenvalue weighted by atomic mass is 10.1. The third-order valence-corrected chi connectivity index (χ3v) is 4.88. The third-order valence-electron chi connectivity index (χ3n) is 4.52. The van der Waals surface area contributed by atoms with E-state index in [1.54, 1.807) is 18.3 Å². The van der Waals surface area contributed by atoms with Gasteiger partial charge in [0.05, 0.1) is 34.5 Å². The van der Waals surface area contributed by atoms with Crippen LogP contribution in [0.4, 0.5) is 14.6 Å². The summed E-state index contributed by atoms with van der Waals surface area (Å²) in [6.07, 6.45) is 2.20. The Labute approximate surface area is 155 Å². The zero-order chi connectivity index (χ0) is 18.7. The molecule has 2 unspecified atom stereocenters. The molecule has 136 valence electrons. The van der Waals surface area contributed by atoms with Crippen LogP contribution in [0.25, 0.3) is 27.8 Å². The number of aromatic amines is 1. The second-order valence-corrected chi connectivity index (χ2v) is 6.75. The highest BCUT2D eigenvalue weighted by molar-refractivity contribution is 6.35. The number of anilines is 1. The van der Waals surface area contributed by atoms with Gasteiger partial charge in [-0.25, -0.2) is 18.3 Å². The van der Waals surface area contributed by atoms with Gasteiger partial charge in [-0.2, -0.15) is 10.2 Å². The van der Waals surface area contributed by atoms with Crippen LogP contribution in [0.5, 0.6) is 0 Å². The number of halogens is 3. The average Bonchev–Trinajstić information content (AvgIpc) is 3.02. The lowest BCUT2D eigenvalue weighted by Gasteiger charge is -2.06. The molecule has 4 aromatic rings. The van der Waals surface area contributed by atoms with Gasteiger partial charge in [-0.3, -0.25) is 9.89 Å². The van der Waals surface area contributed by atoms with E-state index >= 15 is 0 Å². The first-order chi connectivity index (χ1) is 13.0. The van der Waals surface area contributed by atoms with Crippen molar-refractivity contribution in [1.82, 2.24) is 24.8 Å². The zero-order valence-corrected chi connectivity index (χ0v) is 14.3. The van der Waals surface area contributed by atoms with Crippen LogP contribution in [0.15, 0.2) is 30.6 Å². The Morgan fingerprint density at radius 1 is 1.41 bits per heavy atom. The van der Waals surface area contributed by atoms with Gasteiger partial charge in [-0.1, -0.05) is 11.6 Å². The number of amides is 1. The van der Waals surface area contributed by atoms with Gasteiger partial charge in [-0.15, -0.1) is 0 Å². The van der Waals surface area contributed by atoms with Crippen molar-refractivity contribution in [3.05, 3.63) is 41.4 Å². The van der Waals surface area contributed by atoms with Crippen LogP contribution in [0.2, 0.25) is 5.02 Å². The minimum Gasteiger partial charge on any atom is -0.309 e. The molecule has 0 spiro atoms. The Kier molecular flexibility index (Phi) is 3.41. The van der Waals surface area contributed by atoms with E-state index in [9.17, 15) is 13.6 Å². The Hall–Kier alpha value is -3.07. The molecule has 2 atom stereocenters. The number of carbonyl (C=O) groups is 1. The van der Waals surface area contributed by atoms with E-state index in [1.807, 2.05) is 0 Å². The second-order valence-electron chi connectivity index (χ2n) is 6.37. The molecule has 2 N–H and O–H groups in total. The standard InChI is InChI=1S/C17H11ClF2N6O/c18-16-10(20)4-12-8(5-21-24-12)15(16)11-1-2-14-22-13(6-26(14)25-11)23-17(27)7-3-9(7)19/h1-2,4-7,9H,3H2,(H,21,24)(H,23,27). The van der Waals surface area contributed by atoms with Gasteiger partial charge in [-0.05, 0) is 18.6 Å². The SMILES string of the molecule is O=C(Nc1cn2nc(-c3c(Cl)c(F)cc4[nH]ncc34)ccc2n1)C1CC1F. The summed E-state index contributed by atoms with van der Waals surface area (Å²) in [6, 6.07) is 4.59. The summed E-state index contributed by atoms with van der Waals surface area (Å²) in [5.74, 6) is -1.34. The Morgan fingerprint density at radius 2 is 2.22 bits per heavy atom. The Balaban J connectivity index is 1.56. The second kappa shape index (κ2) is 5.71. The highest BCUT2D eigenvalue weighted by Gasteiger charge is 2.43. The first kappa shape index (κ1) is 16.1.